The summed E-state index contributed by atoms with van der Waals surface area (Å²) in [6.07, 6.45) is 0. The van der Waals surface area contributed by atoms with E-state index in [4.69, 9.17) is 0 Å². The zero-order chi connectivity index (χ0) is 36.9. The predicted molar refractivity (Wildman–Crippen MR) is 228 cm³/mol. The van der Waals surface area contributed by atoms with E-state index in [1.807, 2.05) is 36.4 Å². The Morgan fingerprint density at radius 2 is 0.836 bits per heavy atom. The van der Waals surface area contributed by atoms with Crippen LogP contribution in [0.15, 0.2) is 194 Å². The number of para-hydroxylation sites is 2. The van der Waals surface area contributed by atoms with Crippen LogP contribution >= 0.6 is 0 Å². The van der Waals surface area contributed by atoms with Crippen molar-refractivity contribution in [1.82, 2.24) is 9.13 Å². The number of rotatable bonds is 6. The zero-order valence-electron chi connectivity index (χ0n) is 29.8. The molecule has 0 atom stereocenters. The van der Waals surface area contributed by atoms with Crippen LogP contribution in [0, 0.1) is 22.7 Å². The largest absolute Gasteiger partial charge is 0.309 e. The molecule has 2 heterocycles. The molecule has 5 heteroatoms. The molecule has 0 radical (unpaired) electrons. The summed E-state index contributed by atoms with van der Waals surface area (Å²) in [4.78, 5) is 0. The molecule has 0 bridgehead atoms. The number of nitriles is 2. The maximum Gasteiger partial charge on any atom is 0.180 e. The van der Waals surface area contributed by atoms with Crippen LogP contribution in [0.5, 0.6) is 0 Å². The van der Waals surface area contributed by atoms with Gasteiger partial charge >= 0.3 is 0 Å². The second kappa shape index (κ2) is 12.9. The first kappa shape index (κ1) is 32.2. The lowest BCUT2D eigenvalue weighted by molar-refractivity contribution is 1.18. The number of fused-ring (bicyclic) bond motifs is 6. The van der Waals surface area contributed by atoms with Crippen LogP contribution in [0.25, 0.3) is 55.0 Å². The van der Waals surface area contributed by atoms with Gasteiger partial charge in [0.25, 0.3) is 0 Å². The highest BCUT2D eigenvalue weighted by atomic mass is 28.3. The van der Waals surface area contributed by atoms with E-state index >= 15 is 0 Å². The standard InChI is InChI=1S/C50H32N4Si/c51-33-35-26-28-46-43(30-35)44-31-36(34-52)27-29-47(44)54(46)38-16-12-21-41(32-38)55(39-17-6-2-7-18-39,40-19-8-3-9-20-40)49-25-13-24-48-50(49)42-22-10-11-23-45(42)53(48)37-14-4-1-5-15-37/h1-32H. The van der Waals surface area contributed by atoms with Gasteiger partial charge in [0.05, 0.1) is 45.3 Å². The monoisotopic (exact) mass is 716 g/mol. The van der Waals surface area contributed by atoms with Gasteiger partial charge in [-0.1, -0.05) is 121 Å². The molecule has 0 spiro atoms. The van der Waals surface area contributed by atoms with E-state index in [-0.39, 0.29) is 0 Å². The van der Waals surface area contributed by atoms with Crippen LogP contribution in [-0.2, 0) is 0 Å². The van der Waals surface area contributed by atoms with Crippen LogP contribution in [-0.4, -0.2) is 17.2 Å². The van der Waals surface area contributed by atoms with E-state index in [1.54, 1.807) is 0 Å². The van der Waals surface area contributed by atoms with Gasteiger partial charge in [0.15, 0.2) is 8.07 Å². The van der Waals surface area contributed by atoms with Crippen LogP contribution in [0.3, 0.4) is 0 Å². The number of aromatic nitrogens is 2. The quantitative estimate of drug-likeness (QED) is 0.127. The lowest BCUT2D eigenvalue weighted by atomic mass is 10.1. The van der Waals surface area contributed by atoms with E-state index in [0.717, 1.165) is 33.2 Å². The lowest BCUT2D eigenvalue weighted by Gasteiger charge is -2.35. The van der Waals surface area contributed by atoms with E-state index < -0.39 is 8.07 Å². The fraction of sp³-hybridized carbons (Fsp3) is 0. The number of hydrogen-bond donors (Lipinski definition) is 0. The third-order valence-electron chi connectivity index (χ3n) is 11.1. The molecule has 0 aliphatic carbocycles. The Kier molecular flexibility index (Phi) is 7.56. The smallest absolute Gasteiger partial charge is 0.180 e. The molecule has 55 heavy (non-hydrogen) atoms. The van der Waals surface area contributed by atoms with Gasteiger partial charge < -0.3 is 9.13 Å². The van der Waals surface area contributed by atoms with Crippen molar-refractivity contribution in [2.24, 2.45) is 0 Å². The predicted octanol–water partition coefficient (Wildman–Crippen LogP) is 9.00. The lowest BCUT2D eigenvalue weighted by Crippen LogP contribution is -2.74. The van der Waals surface area contributed by atoms with Gasteiger partial charge in [-0.05, 0) is 93.5 Å². The Balaban J connectivity index is 1.35. The molecule has 10 rings (SSSR count). The molecule has 10 aromatic rings. The molecule has 8 aromatic carbocycles. The molecule has 0 amide bonds. The van der Waals surface area contributed by atoms with Crippen molar-refractivity contribution >= 4 is 72.4 Å². The summed E-state index contributed by atoms with van der Waals surface area (Å²) in [5, 5.41) is 29.2. The Hall–Kier alpha value is -7.44. The van der Waals surface area contributed by atoms with E-state index in [2.05, 4.69) is 179 Å². The van der Waals surface area contributed by atoms with Gasteiger partial charge in [-0.25, -0.2) is 0 Å². The van der Waals surface area contributed by atoms with Crippen molar-refractivity contribution in [3.05, 3.63) is 205 Å². The molecule has 0 fully saturated rings. The first-order valence-corrected chi connectivity index (χ1v) is 20.4. The molecule has 0 unspecified atom stereocenters. The topological polar surface area (TPSA) is 57.4 Å². The number of hydrogen-bond acceptors (Lipinski definition) is 2. The summed E-state index contributed by atoms with van der Waals surface area (Å²) in [6, 6.07) is 73.9. The first-order chi connectivity index (χ1) is 27.2. The van der Waals surface area contributed by atoms with Crippen molar-refractivity contribution in [2.75, 3.05) is 0 Å². The number of benzene rings is 8. The first-order valence-electron chi connectivity index (χ1n) is 18.4. The molecule has 0 saturated carbocycles. The Bertz CT molecular complexity index is 3050. The summed E-state index contributed by atoms with van der Waals surface area (Å²) in [5.41, 5.74) is 7.65. The highest BCUT2D eigenvalue weighted by molar-refractivity contribution is 7.20. The molecule has 256 valence electrons. The van der Waals surface area contributed by atoms with E-state index in [1.165, 1.54) is 42.6 Å². The number of nitrogens with zero attached hydrogens (tertiary/aromatic N) is 4. The van der Waals surface area contributed by atoms with Gasteiger partial charge in [0.1, 0.15) is 0 Å². The van der Waals surface area contributed by atoms with Crippen molar-refractivity contribution in [2.45, 2.75) is 0 Å². The Labute approximate surface area is 319 Å². The van der Waals surface area contributed by atoms with Gasteiger partial charge in [-0.2, -0.15) is 10.5 Å². The van der Waals surface area contributed by atoms with E-state index in [0.29, 0.717) is 11.1 Å². The summed E-state index contributed by atoms with van der Waals surface area (Å²) in [5.74, 6) is 0. The normalized spacial score (nSPS) is 11.6. The zero-order valence-corrected chi connectivity index (χ0v) is 30.8. The van der Waals surface area contributed by atoms with Gasteiger partial charge in [-0.15, -0.1) is 0 Å². The summed E-state index contributed by atoms with van der Waals surface area (Å²) in [6.45, 7) is 0. The molecule has 0 saturated heterocycles. The van der Waals surface area contributed by atoms with Gasteiger partial charge in [-0.3, -0.25) is 0 Å². The third-order valence-corrected chi connectivity index (χ3v) is 15.9. The van der Waals surface area contributed by atoms with Crippen molar-refractivity contribution < 1.29 is 0 Å². The molecule has 4 nitrogen and oxygen atoms in total. The van der Waals surface area contributed by atoms with Crippen LogP contribution < -0.4 is 20.7 Å². The maximum absolute atomic E-state index is 9.85. The third kappa shape index (κ3) is 4.88. The maximum atomic E-state index is 9.85. The minimum absolute atomic E-state index is 0.588. The van der Waals surface area contributed by atoms with Crippen LogP contribution in [0.4, 0.5) is 0 Å². The summed E-state index contributed by atoms with van der Waals surface area (Å²) >= 11 is 0. The van der Waals surface area contributed by atoms with Crippen molar-refractivity contribution in [3.63, 3.8) is 0 Å². The van der Waals surface area contributed by atoms with Gasteiger partial charge in [0, 0.05) is 32.9 Å². The van der Waals surface area contributed by atoms with Crippen LogP contribution in [0.2, 0.25) is 0 Å². The molecular formula is C50H32N4Si. The average Bonchev–Trinajstić information content (AvgIpc) is 3.77. The molecule has 2 aromatic heterocycles. The molecular weight excluding hydrogens is 685 g/mol. The molecule has 0 N–H and O–H groups in total. The fourth-order valence-corrected chi connectivity index (χ4v) is 13.9. The van der Waals surface area contributed by atoms with E-state index in [9.17, 15) is 10.5 Å². The van der Waals surface area contributed by atoms with Crippen molar-refractivity contribution in [3.8, 4) is 23.5 Å². The fourth-order valence-electron chi connectivity index (χ4n) is 8.85. The molecule has 0 aliphatic rings. The second-order valence-corrected chi connectivity index (χ2v) is 17.7. The highest BCUT2D eigenvalue weighted by Gasteiger charge is 2.43. The Morgan fingerprint density at radius 1 is 0.364 bits per heavy atom. The van der Waals surface area contributed by atoms with Crippen molar-refractivity contribution in [1.29, 1.82) is 10.5 Å². The minimum Gasteiger partial charge on any atom is -0.309 e. The van der Waals surface area contributed by atoms with Gasteiger partial charge in [0.2, 0.25) is 0 Å². The summed E-state index contributed by atoms with van der Waals surface area (Å²) < 4.78 is 4.69. The summed E-state index contributed by atoms with van der Waals surface area (Å²) in [7, 11) is -3.09. The van der Waals surface area contributed by atoms with Crippen LogP contribution in [0.1, 0.15) is 11.1 Å². The molecule has 0 aliphatic heterocycles. The second-order valence-electron chi connectivity index (χ2n) is 13.9. The Morgan fingerprint density at radius 3 is 1.45 bits per heavy atom. The average molecular weight is 717 g/mol. The highest BCUT2D eigenvalue weighted by Crippen LogP contribution is 2.35. The minimum atomic E-state index is -3.09. The SMILES string of the molecule is N#Cc1ccc2c(c1)c1cc(C#N)ccc1n2-c1cccc([Si](c2ccccc2)(c2ccccc2)c2cccc3c2c2ccccc2n3-c2ccccc2)c1.